The van der Waals surface area contributed by atoms with Gasteiger partial charge >= 0.3 is 0 Å². The molecule has 0 saturated carbocycles. The molecule has 0 spiro atoms. The van der Waals surface area contributed by atoms with Crippen LogP contribution in [0.2, 0.25) is 0 Å². The zero-order chi connectivity index (χ0) is 26.6. The number of pyridine rings is 1. The maximum Gasteiger partial charge on any atom is 0.257 e. The van der Waals surface area contributed by atoms with Crippen LogP contribution >= 0.6 is 0 Å². The molecular weight excluding hydrogens is 490 g/mol. The number of morpholine rings is 1. The van der Waals surface area contributed by atoms with Gasteiger partial charge in [-0.05, 0) is 24.1 Å². The summed E-state index contributed by atoms with van der Waals surface area (Å²) in [5.41, 5.74) is 3.03. The van der Waals surface area contributed by atoms with Crippen molar-refractivity contribution in [1.82, 2.24) is 24.5 Å². The van der Waals surface area contributed by atoms with E-state index in [0.717, 1.165) is 49.1 Å². The lowest BCUT2D eigenvalue weighted by atomic mass is 10.0. The first-order valence-electron chi connectivity index (χ1n) is 12.5. The summed E-state index contributed by atoms with van der Waals surface area (Å²) in [7, 11) is 0. The third-order valence-corrected chi connectivity index (χ3v) is 6.68. The topological polar surface area (TPSA) is 123 Å². The van der Waals surface area contributed by atoms with Crippen molar-refractivity contribution in [3.63, 3.8) is 0 Å². The van der Waals surface area contributed by atoms with Crippen molar-refractivity contribution in [2.24, 2.45) is 0 Å². The normalized spacial score (nSPS) is 22.2. The average molecular weight is 520 g/mol. The molecule has 3 aliphatic rings. The largest absolute Gasteiger partial charge is 0.488 e. The van der Waals surface area contributed by atoms with E-state index in [9.17, 15) is 19.2 Å². The summed E-state index contributed by atoms with van der Waals surface area (Å²) in [5.74, 6) is -1.65. The van der Waals surface area contributed by atoms with Gasteiger partial charge in [-0.15, -0.1) is 0 Å². The number of hydrogen-bond acceptors (Lipinski definition) is 8. The zero-order valence-corrected chi connectivity index (χ0v) is 20.9. The molecule has 1 N–H and O–H groups in total. The molecule has 5 heterocycles. The molecule has 11 nitrogen and oxygen atoms in total. The van der Waals surface area contributed by atoms with E-state index >= 15 is 0 Å². The number of piperidine rings is 1. The molecule has 0 bridgehead atoms. The van der Waals surface area contributed by atoms with Gasteiger partial charge in [-0.3, -0.25) is 34.3 Å². The summed E-state index contributed by atoms with van der Waals surface area (Å²) in [6.07, 6.45) is 8.79. The summed E-state index contributed by atoms with van der Waals surface area (Å²) in [6, 6.07) is 3.10. The Hall–Kier alpha value is -4.09. The number of allylic oxidation sites excluding steroid dienone is 3. The van der Waals surface area contributed by atoms with Crippen LogP contribution in [0.15, 0.2) is 60.7 Å². The van der Waals surface area contributed by atoms with Gasteiger partial charge in [-0.1, -0.05) is 24.8 Å². The van der Waals surface area contributed by atoms with Gasteiger partial charge in [0.05, 0.1) is 25.3 Å². The molecule has 3 fully saturated rings. The van der Waals surface area contributed by atoms with Crippen molar-refractivity contribution in [1.29, 1.82) is 0 Å². The Morgan fingerprint density at radius 2 is 2.00 bits per heavy atom. The Bertz CT molecular complexity index is 1350. The number of ether oxygens (including phenoxy) is 2. The van der Waals surface area contributed by atoms with E-state index in [1.54, 1.807) is 12.2 Å². The molecule has 198 valence electrons. The van der Waals surface area contributed by atoms with E-state index in [-0.39, 0.29) is 31.4 Å². The lowest BCUT2D eigenvalue weighted by Gasteiger charge is -2.27. The number of nitrogens with one attached hydrogen (secondary N) is 1. The third kappa shape index (κ3) is 5.74. The van der Waals surface area contributed by atoms with E-state index in [0.29, 0.717) is 5.76 Å². The first-order valence-corrected chi connectivity index (χ1v) is 12.5. The highest BCUT2D eigenvalue weighted by molar-refractivity contribution is 6.16. The van der Waals surface area contributed by atoms with Gasteiger partial charge in [-0.2, -0.15) is 0 Å². The average Bonchev–Trinajstić information content (AvgIpc) is 3.43. The fraction of sp³-hybridized carbons (Fsp3) is 0.370. The molecule has 0 aliphatic carbocycles. The lowest BCUT2D eigenvalue weighted by Crippen LogP contribution is -2.54. The summed E-state index contributed by atoms with van der Waals surface area (Å²) >= 11 is 0. The monoisotopic (exact) mass is 519 g/mol. The first kappa shape index (κ1) is 25.6. The molecule has 1 unspecified atom stereocenters. The van der Waals surface area contributed by atoms with E-state index < -0.39 is 29.7 Å². The van der Waals surface area contributed by atoms with Crippen molar-refractivity contribution in [3.05, 3.63) is 71.9 Å². The molecule has 1 atom stereocenters. The highest BCUT2D eigenvalue weighted by Crippen LogP contribution is 2.25. The highest BCUT2D eigenvalue weighted by atomic mass is 16.5. The number of rotatable bonds is 8. The van der Waals surface area contributed by atoms with Gasteiger partial charge in [0.25, 0.3) is 5.91 Å². The van der Waals surface area contributed by atoms with Crippen LogP contribution in [0.5, 0.6) is 0 Å². The minimum atomic E-state index is -0.957. The Balaban J connectivity index is 1.14. The van der Waals surface area contributed by atoms with Crippen LogP contribution in [0.25, 0.3) is 5.65 Å². The molecule has 3 aliphatic heterocycles. The van der Waals surface area contributed by atoms with Crippen LogP contribution in [0, 0.1) is 0 Å². The summed E-state index contributed by atoms with van der Waals surface area (Å²) in [6.45, 7) is 8.33. The molecule has 3 saturated heterocycles. The first-order chi connectivity index (χ1) is 18.4. The second-order valence-corrected chi connectivity index (χ2v) is 9.44. The number of imide groups is 2. The van der Waals surface area contributed by atoms with Crippen molar-refractivity contribution in [3.8, 4) is 0 Å². The SMILES string of the molecule is C=C(/C=C\C=C1/CC(=O)N(C2CCC(=O)NC2=O)C1=O)OCc1cn2cc(CN3CCOCC3)ccc2n1. The second kappa shape index (κ2) is 11.1. The summed E-state index contributed by atoms with van der Waals surface area (Å²) in [5, 5.41) is 2.18. The number of carbonyl (C=O) groups is 4. The van der Waals surface area contributed by atoms with Gasteiger partial charge in [-0.25, -0.2) is 4.98 Å². The predicted molar refractivity (Wildman–Crippen MR) is 135 cm³/mol. The van der Waals surface area contributed by atoms with Crippen LogP contribution in [-0.2, 0) is 41.8 Å². The molecule has 0 aromatic carbocycles. The van der Waals surface area contributed by atoms with E-state index in [4.69, 9.17) is 9.47 Å². The quantitative estimate of drug-likeness (QED) is 0.239. The number of fused-ring (bicyclic) bond motifs is 1. The van der Waals surface area contributed by atoms with Crippen LogP contribution < -0.4 is 5.32 Å². The zero-order valence-electron chi connectivity index (χ0n) is 20.9. The van der Waals surface area contributed by atoms with Gasteiger partial charge in [0.15, 0.2) is 0 Å². The van der Waals surface area contributed by atoms with Crippen LogP contribution in [-0.4, -0.2) is 75.2 Å². The van der Waals surface area contributed by atoms with Crippen LogP contribution in [0.1, 0.15) is 30.5 Å². The summed E-state index contributed by atoms with van der Waals surface area (Å²) in [4.78, 5) is 56.4. The molecule has 2 aromatic heterocycles. The molecule has 38 heavy (non-hydrogen) atoms. The Kier molecular flexibility index (Phi) is 7.47. The van der Waals surface area contributed by atoms with E-state index in [1.165, 1.54) is 11.6 Å². The number of nitrogens with zero attached hydrogens (tertiary/aromatic N) is 4. The van der Waals surface area contributed by atoms with Crippen LogP contribution in [0.3, 0.4) is 0 Å². The fourth-order valence-corrected chi connectivity index (χ4v) is 4.72. The Morgan fingerprint density at radius 3 is 2.79 bits per heavy atom. The van der Waals surface area contributed by atoms with Gasteiger partial charge in [0.1, 0.15) is 24.1 Å². The highest BCUT2D eigenvalue weighted by Gasteiger charge is 2.43. The predicted octanol–water partition coefficient (Wildman–Crippen LogP) is 1.24. The maximum absolute atomic E-state index is 12.7. The standard InChI is InChI=1S/C27H29N5O6/c1-18(3-2-4-20-13-25(34)32(27(20)36)22-6-8-24(33)29-26(22)35)38-17-21-16-31-15-19(5-7-23(31)28-21)14-30-9-11-37-12-10-30/h2-5,7,15-16,22H,1,6,8-14,17H2,(H,29,33,35)/b3-2-,20-4+. The second-order valence-electron chi connectivity index (χ2n) is 9.44. The number of hydrogen-bond donors (Lipinski definition) is 1. The molecule has 4 amide bonds. The van der Waals surface area contributed by atoms with Crippen molar-refractivity contribution in [2.75, 3.05) is 26.3 Å². The smallest absolute Gasteiger partial charge is 0.257 e. The molecule has 2 aromatic rings. The molecule has 5 rings (SSSR count). The van der Waals surface area contributed by atoms with Crippen molar-refractivity contribution >= 4 is 29.3 Å². The van der Waals surface area contributed by atoms with Gasteiger partial charge < -0.3 is 13.9 Å². The molecular formula is C27H29N5O6. The molecule has 11 heteroatoms. The number of carbonyl (C=O) groups excluding carboxylic acids is 4. The minimum absolute atomic E-state index is 0.0888. The van der Waals surface area contributed by atoms with E-state index in [1.807, 2.05) is 16.7 Å². The van der Waals surface area contributed by atoms with E-state index in [2.05, 4.69) is 34.0 Å². The summed E-state index contributed by atoms with van der Waals surface area (Å²) < 4.78 is 13.1. The number of imidazole rings is 1. The van der Waals surface area contributed by atoms with Crippen molar-refractivity contribution < 1.29 is 28.7 Å². The minimum Gasteiger partial charge on any atom is -0.488 e. The van der Waals surface area contributed by atoms with Crippen LogP contribution in [0.4, 0.5) is 0 Å². The number of likely N-dealkylation sites (tertiary alicyclic amines) is 1. The fourth-order valence-electron chi connectivity index (χ4n) is 4.72. The van der Waals surface area contributed by atoms with Gasteiger partial charge in [0, 0.05) is 44.0 Å². The van der Waals surface area contributed by atoms with Crippen molar-refractivity contribution in [2.45, 2.75) is 38.5 Å². The van der Waals surface area contributed by atoms with Gasteiger partial charge in [0.2, 0.25) is 17.7 Å². The molecule has 0 radical (unpaired) electrons. The third-order valence-electron chi connectivity index (χ3n) is 6.68. The number of aromatic nitrogens is 2. The Labute approximate surface area is 219 Å². The lowest BCUT2D eigenvalue weighted by molar-refractivity contribution is -0.150. The number of amides is 4. The Morgan fingerprint density at radius 1 is 1.18 bits per heavy atom. The maximum atomic E-state index is 12.7.